The normalized spacial score (nSPS) is 7.43. The summed E-state index contributed by atoms with van der Waals surface area (Å²) in [5, 5.41) is 3.91. The summed E-state index contributed by atoms with van der Waals surface area (Å²) in [6.07, 6.45) is 0. The average molecular weight is 248 g/mol. The molecule has 0 unspecified atom stereocenters. The van der Waals surface area contributed by atoms with Crippen molar-refractivity contribution in [2.45, 2.75) is 4.90 Å². The molecular formula is C4H3CsS2. The van der Waals surface area contributed by atoms with Gasteiger partial charge in [-0.15, -0.1) is 0 Å². The monoisotopic (exact) mass is 248 g/mol. The molecule has 0 nitrogen and oxygen atoms in total. The summed E-state index contributed by atoms with van der Waals surface area (Å²) >= 11 is 6.39. The molecule has 0 amide bonds. The molecule has 0 aliphatic carbocycles. The van der Waals surface area contributed by atoms with E-state index in [0.717, 1.165) is 4.90 Å². The second kappa shape index (κ2) is 4.81. The molecule has 0 saturated heterocycles. The van der Waals surface area contributed by atoms with Crippen molar-refractivity contribution in [1.29, 1.82) is 0 Å². The van der Waals surface area contributed by atoms with Crippen LogP contribution in [0.1, 0.15) is 0 Å². The van der Waals surface area contributed by atoms with Crippen LogP contribution in [0.2, 0.25) is 0 Å². The van der Waals surface area contributed by atoms with E-state index in [-0.39, 0.29) is 68.9 Å². The molecule has 3 heteroatoms. The fourth-order valence-electron chi connectivity index (χ4n) is 0.252. The molecule has 0 aromatic carbocycles. The number of hydrogen-bond donors (Lipinski definition) is 0. The van der Waals surface area contributed by atoms with E-state index in [4.69, 9.17) is 12.6 Å². The number of hydrogen-bond acceptors (Lipinski definition) is 2. The maximum absolute atomic E-state index is 4.76. The van der Waals surface area contributed by atoms with Gasteiger partial charge in [-0.25, -0.2) is 0 Å². The van der Waals surface area contributed by atoms with Gasteiger partial charge in [0.15, 0.2) is 0 Å². The molecule has 0 spiro atoms. The van der Waals surface area contributed by atoms with Crippen LogP contribution >= 0.6 is 11.3 Å². The van der Waals surface area contributed by atoms with Gasteiger partial charge in [0.2, 0.25) is 0 Å². The summed E-state index contributed by atoms with van der Waals surface area (Å²) in [6.45, 7) is 0. The van der Waals surface area contributed by atoms with E-state index in [1.165, 1.54) is 0 Å². The topological polar surface area (TPSA) is 0 Å². The van der Waals surface area contributed by atoms with E-state index < -0.39 is 0 Å². The van der Waals surface area contributed by atoms with Gasteiger partial charge in [-0.05, 0) is 10.8 Å². The Hall–Kier alpha value is 1.97. The Bertz CT molecular complexity index is 113. The predicted molar refractivity (Wildman–Crippen MR) is 29.9 cm³/mol. The first-order valence-corrected chi connectivity index (χ1v) is 2.94. The molecule has 0 fully saturated rings. The Kier molecular flexibility index (Phi) is 6.17. The molecule has 0 aliphatic heterocycles. The maximum atomic E-state index is 4.76. The molecule has 1 heterocycles. The summed E-state index contributed by atoms with van der Waals surface area (Å²) in [5.41, 5.74) is 0. The van der Waals surface area contributed by atoms with E-state index in [1.54, 1.807) is 11.3 Å². The molecule has 0 bridgehead atoms. The average Bonchev–Trinajstić information content (AvgIpc) is 1.86. The molecule has 0 saturated carbocycles. The maximum Gasteiger partial charge on any atom is 1.00 e. The smallest absolute Gasteiger partial charge is 0.779 e. The van der Waals surface area contributed by atoms with E-state index in [0.29, 0.717) is 0 Å². The van der Waals surface area contributed by atoms with Gasteiger partial charge in [-0.2, -0.15) is 16.2 Å². The third-order valence-electron chi connectivity index (χ3n) is 0.495. The third-order valence-corrected chi connectivity index (χ3v) is 1.58. The van der Waals surface area contributed by atoms with Crippen molar-refractivity contribution in [1.82, 2.24) is 0 Å². The molecule has 0 N–H and O–H groups in total. The van der Waals surface area contributed by atoms with Crippen molar-refractivity contribution in [3.8, 4) is 0 Å². The van der Waals surface area contributed by atoms with Gasteiger partial charge in [0.25, 0.3) is 0 Å². The summed E-state index contributed by atoms with van der Waals surface area (Å²) in [6, 6.07) is 1.92. The van der Waals surface area contributed by atoms with Crippen molar-refractivity contribution in [3.63, 3.8) is 0 Å². The van der Waals surface area contributed by atoms with E-state index >= 15 is 0 Å². The van der Waals surface area contributed by atoms with Crippen molar-refractivity contribution >= 4 is 24.0 Å². The summed E-state index contributed by atoms with van der Waals surface area (Å²) in [7, 11) is 0. The minimum Gasteiger partial charge on any atom is -0.779 e. The minimum atomic E-state index is 0. The van der Waals surface area contributed by atoms with Gasteiger partial charge >= 0.3 is 68.9 Å². The molecule has 1 aromatic rings. The van der Waals surface area contributed by atoms with E-state index in [1.807, 2.05) is 16.8 Å². The number of thiophene rings is 1. The number of rotatable bonds is 0. The van der Waals surface area contributed by atoms with Crippen LogP contribution in [-0.4, -0.2) is 0 Å². The van der Waals surface area contributed by atoms with Crippen LogP contribution in [0.3, 0.4) is 0 Å². The molecule has 1 rings (SSSR count). The van der Waals surface area contributed by atoms with Crippen molar-refractivity contribution in [2.75, 3.05) is 0 Å². The summed E-state index contributed by atoms with van der Waals surface area (Å²) in [5.74, 6) is 0. The fourth-order valence-corrected chi connectivity index (χ4v) is 1.09. The van der Waals surface area contributed by atoms with Gasteiger partial charge < -0.3 is 12.6 Å². The first-order chi connectivity index (χ1) is 2.89. The Labute approximate surface area is 112 Å². The molecule has 1 aromatic heterocycles. The van der Waals surface area contributed by atoms with Gasteiger partial charge in [0.05, 0.1) is 0 Å². The molecule has 32 valence electrons. The standard InChI is InChI=1S/C4H4S2.Cs/c5-4-1-2-6-3-4;/h1-3,5H;/q;+1/p-1. The minimum absolute atomic E-state index is 0. The van der Waals surface area contributed by atoms with Crippen LogP contribution in [0.4, 0.5) is 0 Å². The molecule has 0 aliphatic rings. The first-order valence-electron chi connectivity index (χ1n) is 1.59. The quantitative estimate of drug-likeness (QED) is 0.512. The van der Waals surface area contributed by atoms with Crippen LogP contribution in [-0.2, 0) is 12.6 Å². The Morgan fingerprint density at radius 1 is 1.57 bits per heavy atom. The molecular weight excluding hydrogens is 245 g/mol. The predicted octanol–water partition coefficient (Wildman–Crippen LogP) is -1.34. The second-order valence-electron chi connectivity index (χ2n) is 0.959. The Balaban J connectivity index is 0.000000360. The van der Waals surface area contributed by atoms with Gasteiger partial charge in [-0.1, -0.05) is 6.07 Å². The molecule has 7 heavy (non-hydrogen) atoms. The zero-order valence-electron chi connectivity index (χ0n) is 4.05. The Morgan fingerprint density at radius 3 is 2.43 bits per heavy atom. The van der Waals surface area contributed by atoms with E-state index in [9.17, 15) is 0 Å². The molecule has 0 radical (unpaired) electrons. The zero-order valence-corrected chi connectivity index (χ0v) is 12.0. The van der Waals surface area contributed by atoms with Crippen LogP contribution in [0.15, 0.2) is 21.7 Å². The van der Waals surface area contributed by atoms with Gasteiger partial charge in [0, 0.05) is 0 Å². The van der Waals surface area contributed by atoms with Gasteiger partial charge in [-0.3, -0.25) is 0 Å². The molecule has 0 atom stereocenters. The van der Waals surface area contributed by atoms with Crippen molar-refractivity contribution < 1.29 is 68.9 Å². The van der Waals surface area contributed by atoms with E-state index in [2.05, 4.69) is 0 Å². The van der Waals surface area contributed by atoms with Crippen molar-refractivity contribution in [3.05, 3.63) is 16.8 Å². The van der Waals surface area contributed by atoms with Crippen molar-refractivity contribution in [2.24, 2.45) is 0 Å². The SMILES string of the molecule is [Cs+].[S-]c1ccsc1. The summed E-state index contributed by atoms with van der Waals surface area (Å²) < 4.78 is 0. The zero-order chi connectivity index (χ0) is 4.41. The van der Waals surface area contributed by atoms with Crippen LogP contribution < -0.4 is 68.9 Å². The third kappa shape index (κ3) is 3.53. The fraction of sp³-hybridized carbons (Fsp3) is 0. The van der Waals surface area contributed by atoms with Crippen LogP contribution in [0, 0.1) is 0 Å². The second-order valence-corrected chi connectivity index (χ2v) is 2.21. The first kappa shape index (κ1) is 8.97. The largest absolute Gasteiger partial charge is 1.00 e. The summed E-state index contributed by atoms with van der Waals surface area (Å²) in [4.78, 5) is 0.944. The van der Waals surface area contributed by atoms with Crippen LogP contribution in [0.25, 0.3) is 0 Å². The van der Waals surface area contributed by atoms with Crippen LogP contribution in [0.5, 0.6) is 0 Å². The Morgan fingerprint density at radius 2 is 2.29 bits per heavy atom. The van der Waals surface area contributed by atoms with Gasteiger partial charge in [0.1, 0.15) is 0 Å².